The van der Waals surface area contributed by atoms with Gasteiger partial charge in [-0.2, -0.15) is 0 Å². The van der Waals surface area contributed by atoms with Crippen molar-refractivity contribution in [2.45, 2.75) is 33.6 Å². The van der Waals surface area contributed by atoms with E-state index >= 15 is 0 Å². The highest BCUT2D eigenvalue weighted by Crippen LogP contribution is 2.28. The molecule has 4 nitrogen and oxygen atoms in total. The first-order valence-corrected chi connectivity index (χ1v) is 7.17. The number of carbonyl (C=O) groups excluding carboxylic acids is 1. The lowest BCUT2D eigenvalue weighted by molar-refractivity contribution is 0.0953. The van der Waals surface area contributed by atoms with E-state index in [0.29, 0.717) is 36.1 Å². The molecule has 1 rings (SSSR count). The highest BCUT2D eigenvalue weighted by molar-refractivity contribution is 5.94. The minimum atomic E-state index is -0.0844. The van der Waals surface area contributed by atoms with Gasteiger partial charge in [-0.05, 0) is 37.0 Å². The predicted octanol–water partition coefficient (Wildman–Crippen LogP) is 3.26. The SMILES string of the molecule is CCCNC(=O)c1ccc(OCCC(C)C)c(OC)c1. The van der Waals surface area contributed by atoms with Crippen molar-refractivity contribution in [3.05, 3.63) is 23.8 Å². The summed E-state index contributed by atoms with van der Waals surface area (Å²) in [4.78, 5) is 11.9. The Bertz CT molecular complexity index is 430. The van der Waals surface area contributed by atoms with Crippen LogP contribution in [0.1, 0.15) is 44.0 Å². The van der Waals surface area contributed by atoms with E-state index < -0.39 is 0 Å². The zero-order valence-electron chi connectivity index (χ0n) is 12.9. The Labute approximate surface area is 121 Å². The van der Waals surface area contributed by atoms with E-state index in [9.17, 15) is 4.79 Å². The fourth-order valence-corrected chi connectivity index (χ4v) is 1.67. The molecule has 0 saturated carbocycles. The van der Waals surface area contributed by atoms with Gasteiger partial charge >= 0.3 is 0 Å². The maximum atomic E-state index is 11.9. The van der Waals surface area contributed by atoms with Gasteiger partial charge in [0.25, 0.3) is 5.91 Å². The summed E-state index contributed by atoms with van der Waals surface area (Å²) in [6, 6.07) is 5.27. The molecular formula is C16H25NO3. The number of hydrogen-bond acceptors (Lipinski definition) is 3. The van der Waals surface area contributed by atoms with E-state index in [2.05, 4.69) is 19.2 Å². The van der Waals surface area contributed by atoms with Crippen LogP contribution in [0.15, 0.2) is 18.2 Å². The third-order valence-electron chi connectivity index (χ3n) is 2.91. The lowest BCUT2D eigenvalue weighted by Gasteiger charge is -2.13. The van der Waals surface area contributed by atoms with Crippen LogP contribution in [0.2, 0.25) is 0 Å². The lowest BCUT2D eigenvalue weighted by Crippen LogP contribution is -2.23. The summed E-state index contributed by atoms with van der Waals surface area (Å²) in [6.45, 7) is 7.65. The quantitative estimate of drug-likeness (QED) is 0.794. The largest absolute Gasteiger partial charge is 0.493 e. The van der Waals surface area contributed by atoms with Crippen LogP contribution in [0.3, 0.4) is 0 Å². The molecule has 0 aliphatic carbocycles. The van der Waals surface area contributed by atoms with Crippen molar-refractivity contribution >= 4 is 5.91 Å². The summed E-state index contributed by atoms with van der Waals surface area (Å²) in [5.74, 6) is 1.79. The molecule has 1 N–H and O–H groups in total. The zero-order chi connectivity index (χ0) is 15.0. The molecule has 4 heteroatoms. The normalized spacial score (nSPS) is 10.4. The van der Waals surface area contributed by atoms with Crippen LogP contribution < -0.4 is 14.8 Å². The van der Waals surface area contributed by atoms with E-state index in [-0.39, 0.29) is 5.91 Å². The first-order valence-electron chi connectivity index (χ1n) is 7.17. The Morgan fingerprint density at radius 1 is 1.30 bits per heavy atom. The van der Waals surface area contributed by atoms with Gasteiger partial charge in [0.15, 0.2) is 11.5 Å². The molecule has 0 unspecified atom stereocenters. The van der Waals surface area contributed by atoms with E-state index in [1.54, 1.807) is 25.3 Å². The number of ether oxygens (including phenoxy) is 2. The van der Waals surface area contributed by atoms with Gasteiger partial charge in [-0.15, -0.1) is 0 Å². The third-order valence-corrected chi connectivity index (χ3v) is 2.91. The van der Waals surface area contributed by atoms with Gasteiger partial charge in [0.05, 0.1) is 13.7 Å². The average molecular weight is 279 g/mol. The second-order valence-corrected chi connectivity index (χ2v) is 5.15. The van der Waals surface area contributed by atoms with Crippen molar-refractivity contribution in [2.24, 2.45) is 5.92 Å². The standard InChI is InChI=1S/C16H25NO3/c1-5-9-17-16(18)13-6-7-14(15(11-13)19-4)20-10-8-12(2)3/h6-7,11-12H,5,8-10H2,1-4H3,(H,17,18). The monoisotopic (exact) mass is 279 g/mol. The van der Waals surface area contributed by atoms with Crippen molar-refractivity contribution in [1.82, 2.24) is 5.32 Å². The van der Waals surface area contributed by atoms with Crippen molar-refractivity contribution < 1.29 is 14.3 Å². The smallest absolute Gasteiger partial charge is 0.251 e. The van der Waals surface area contributed by atoms with Gasteiger partial charge in [0, 0.05) is 12.1 Å². The van der Waals surface area contributed by atoms with E-state index in [0.717, 1.165) is 12.8 Å². The molecule has 0 bridgehead atoms. The molecule has 112 valence electrons. The van der Waals surface area contributed by atoms with E-state index in [1.165, 1.54) is 0 Å². The van der Waals surface area contributed by atoms with Crippen molar-refractivity contribution in [2.75, 3.05) is 20.3 Å². The van der Waals surface area contributed by atoms with E-state index in [1.807, 2.05) is 6.92 Å². The molecule has 1 aromatic carbocycles. The molecule has 0 atom stereocenters. The number of carbonyl (C=O) groups is 1. The Hall–Kier alpha value is -1.71. The molecule has 0 fully saturated rings. The molecule has 0 aromatic heterocycles. The minimum absolute atomic E-state index is 0.0844. The highest BCUT2D eigenvalue weighted by atomic mass is 16.5. The Morgan fingerprint density at radius 2 is 2.05 bits per heavy atom. The predicted molar refractivity (Wildman–Crippen MR) is 80.6 cm³/mol. The molecule has 1 amide bonds. The summed E-state index contributed by atoms with van der Waals surface area (Å²) in [6.07, 6.45) is 1.90. The molecule has 0 spiro atoms. The summed E-state index contributed by atoms with van der Waals surface area (Å²) >= 11 is 0. The first kappa shape index (κ1) is 16.3. The number of amides is 1. The molecule has 20 heavy (non-hydrogen) atoms. The fraction of sp³-hybridized carbons (Fsp3) is 0.562. The number of rotatable bonds is 8. The molecular weight excluding hydrogens is 254 g/mol. The van der Waals surface area contributed by atoms with Gasteiger partial charge in [-0.1, -0.05) is 20.8 Å². The van der Waals surface area contributed by atoms with Crippen LogP contribution in [0.5, 0.6) is 11.5 Å². The second kappa shape index (κ2) is 8.46. The van der Waals surface area contributed by atoms with E-state index in [4.69, 9.17) is 9.47 Å². The van der Waals surface area contributed by atoms with Crippen LogP contribution in [-0.2, 0) is 0 Å². The molecule has 0 aliphatic rings. The maximum absolute atomic E-state index is 11.9. The number of hydrogen-bond donors (Lipinski definition) is 1. The van der Waals surface area contributed by atoms with Crippen molar-refractivity contribution in [3.63, 3.8) is 0 Å². The summed E-state index contributed by atoms with van der Waals surface area (Å²) in [7, 11) is 1.58. The van der Waals surface area contributed by atoms with Crippen LogP contribution in [0, 0.1) is 5.92 Å². The average Bonchev–Trinajstić information content (AvgIpc) is 2.44. The van der Waals surface area contributed by atoms with Gasteiger partial charge in [-0.25, -0.2) is 0 Å². The van der Waals surface area contributed by atoms with Crippen LogP contribution in [0.4, 0.5) is 0 Å². The van der Waals surface area contributed by atoms with Crippen molar-refractivity contribution in [1.29, 1.82) is 0 Å². The molecule has 0 heterocycles. The van der Waals surface area contributed by atoms with Gasteiger partial charge in [-0.3, -0.25) is 4.79 Å². The second-order valence-electron chi connectivity index (χ2n) is 5.15. The number of methoxy groups -OCH3 is 1. The molecule has 0 aliphatic heterocycles. The summed E-state index contributed by atoms with van der Waals surface area (Å²) < 4.78 is 11.0. The first-order chi connectivity index (χ1) is 9.58. The molecule has 1 aromatic rings. The molecule has 0 radical (unpaired) electrons. The summed E-state index contributed by atoms with van der Waals surface area (Å²) in [5.41, 5.74) is 0.589. The Morgan fingerprint density at radius 3 is 2.65 bits per heavy atom. The topological polar surface area (TPSA) is 47.6 Å². The van der Waals surface area contributed by atoms with Gasteiger partial charge < -0.3 is 14.8 Å². The lowest BCUT2D eigenvalue weighted by atomic mass is 10.1. The van der Waals surface area contributed by atoms with Gasteiger partial charge in [0.2, 0.25) is 0 Å². The Balaban J connectivity index is 2.72. The maximum Gasteiger partial charge on any atom is 0.251 e. The van der Waals surface area contributed by atoms with Crippen LogP contribution in [0.25, 0.3) is 0 Å². The zero-order valence-corrected chi connectivity index (χ0v) is 12.9. The van der Waals surface area contributed by atoms with Crippen LogP contribution >= 0.6 is 0 Å². The molecule has 0 saturated heterocycles. The summed E-state index contributed by atoms with van der Waals surface area (Å²) in [5, 5.41) is 2.84. The van der Waals surface area contributed by atoms with Crippen LogP contribution in [-0.4, -0.2) is 26.2 Å². The number of benzene rings is 1. The highest BCUT2D eigenvalue weighted by Gasteiger charge is 2.10. The van der Waals surface area contributed by atoms with Gasteiger partial charge in [0.1, 0.15) is 0 Å². The Kier molecular flexibility index (Phi) is 6.91. The third kappa shape index (κ3) is 5.11. The fourth-order valence-electron chi connectivity index (χ4n) is 1.67. The number of nitrogens with one attached hydrogen (secondary N) is 1. The minimum Gasteiger partial charge on any atom is -0.493 e. The van der Waals surface area contributed by atoms with Crippen molar-refractivity contribution in [3.8, 4) is 11.5 Å².